The number of likely N-dealkylation sites (tertiary alicyclic amines) is 1. The van der Waals surface area contributed by atoms with Crippen LogP contribution in [0.2, 0.25) is 10.0 Å². The SMILES string of the molecule is CC1(Cc2ccc(-c3cncnc3)cc2)C(=O)N(c2cc(Cl)cc(Cl)c2)c2ncc(S(=O)(=O)N3CCC[C@H]3C(=O)N3CC[C@H](O)C3)n21. The second kappa shape index (κ2) is 12.0. The van der Waals surface area contributed by atoms with Gasteiger partial charge < -0.3 is 10.0 Å². The van der Waals surface area contributed by atoms with Crippen LogP contribution in [0, 0.1) is 0 Å². The molecule has 3 aliphatic heterocycles. The van der Waals surface area contributed by atoms with Crippen molar-refractivity contribution in [3.63, 3.8) is 0 Å². The van der Waals surface area contributed by atoms with Gasteiger partial charge in [0.15, 0.2) is 5.03 Å². The Morgan fingerprint density at radius 2 is 1.70 bits per heavy atom. The molecule has 7 rings (SSSR count). The zero-order valence-corrected chi connectivity index (χ0v) is 27.7. The molecule has 2 fully saturated rings. The van der Waals surface area contributed by atoms with Crippen LogP contribution < -0.4 is 4.90 Å². The van der Waals surface area contributed by atoms with E-state index >= 15 is 0 Å². The molecule has 15 heteroatoms. The summed E-state index contributed by atoms with van der Waals surface area (Å²) >= 11 is 12.7. The Kier molecular flexibility index (Phi) is 8.08. The topological polar surface area (TPSA) is 142 Å². The Hall–Kier alpha value is -3.88. The van der Waals surface area contributed by atoms with E-state index in [9.17, 15) is 23.1 Å². The predicted octanol–water partition coefficient (Wildman–Crippen LogP) is 4.03. The molecular weight excluding hydrogens is 665 g/mol. The summed E-state index contributed by atoms with van der Waals surface area (Å²) in [5.74, 6) is -0.657. The molecule has 244 valence electrons. The summed E-state index contributed by atoms with van der Waals surface area (Å²) in [4.78, 5) is 43.5. The number of rotatable bonds is 7. The number of sulfonamides is 1. The number of fused-ring (bicyclic) bond motifs is 1. The molecule has 0 radical (unpaired) electrons. The number of carbonyl (C=O) groups excluding carboxylic acids is 2. The third-order valence-corrected chi connectivity index (χ3v) is 11.4. The van der Waals surface area contributed by atoms with Gasteiger partial charge in [-0.1, -0.05) is 47.5 Å². The summed E-state index contributed by atoms with van der Waals surface area (Å²) in [7, 11) is -4.33. The standard InChI is InChI=1S/C32H31Cl2N7O5S/c1-32(14-20-4-6-21(7-5-20)22-15-35-19-36-16-22)30(44)40(25-12-23(33)11-24(34)13-25)31-37-17-28(41(31)32)47(45,46)39-9-2-3-27(39)29(43)38-10-8-26(42)18-38/h4-7,11-13,15-17,19,26-27,42H,2-3,8-10,14,18H2,1H3/t26-,27-,32?/m0/s1. The van der Waals surface area contributed by atoms with Crippen LogP contribution in [0.5, 0.6) is 0 Å². The van der Waals surface area contributed by atoms with Crippen LogP contribution in [0.1, 0.15) is 31.7 Å². The number of carbonyl (C=O) groups is 2. The summed E-state index contributed by atoms with van der Waals surface area (Å²) in [6.07, 6.45) is 6.90. The molecule has 0 spiro atoms. The number of aliphatic hydroxyl groups excluding tert-OH is 1. The van der Waals surface area contributed by atoms with Gasteiger partial charge >= 0.3 is 0 Å². The first kappa shape index (κ1) is 31.7. The van der Waals surface area contributed by atoms with Gasteiger partial charge in [0.1, 0.15) is 17.9 Å². The van der Waals surface area contributed by atoms with Crippen molar-refractivity contribution in [2.75, 3.05) is 24.5 Å². The van der Waals surface area contributed by atoms with E-state index in [4.69, 9.17) is 23.2 Å². The van der Waals surface area contributed by atoms with E-state index in [0.29, 0.717) is 41.5 Å². The minimum absolute atomic E-state index is 0.0946. The molecule has 2 amide bonds. The molecule has 12 nitrogen and oxygen atoms in total. The molecule has 47 heavy (non-hydrogen) atoms. The van der Waals surface area contributed by atoms with E-state index in [2.05, 4.69) is 15.0 Å². The molecule has 0 bridgehead atoms. The normalized spacial score (nSPS) is 23.1. The third kappa shape index (κ3) is 5.49. The molecule has 3 aliphatic rings. The lowest BCUT2D eigenvalue weighted by molar-refractivity contribution is -0.134. The van der Waals surface area contributed by atoms with Crippen LogP contribution >= 0.6 is 23.2 Å². The fourth-order valence-corrected chi connectivity index (χ4v) is 9.18. The molecule has 3 atom stereocenters. The van der Waals surface area contributed by atoms with Crippen molar-refractivity contribution in [2.24, 2.45) is 0 Å². The van der Waals surface area contributed by atoms with Gasteiger partial charge in [0.2, 0.25) is 11.9 Å². The molecule has 2 saturated heterocycles. The van der Waals surface area contributed by atoms with Crippen LogP contribution in [0.4, 0.5) is 11.6 Å². The maximum Gasteiger partial charge on any atom is 0.261 e. The van der Waals surface area contributed by atoms with Crippen LogP contribution in [0.3, 0.4) is 0 Å². The lowest BCUT2D eigenvalue weighted by atomic mass is 9.91. The first-order valence-electron chi connectivity index (χ1n) is 15.2. The van der Waals surface area contributed by atoms with E-state index in [0.717, 1.165) is 16.7 Å². The number of anilines is 2. The number of hydrogen-bond donors (Lipinski definition) is 1. The largest absolute Gasteiger partial charge is 0.391 e. The van der Waals surface area contributed by atoms with E-state index in [-0.39, 0.29) is 36.4 Å². The van der Waals surface area contributed by atoms with Gasteiger partial charge in [-0.3, -0.25) is 14.2 Å². The highest BCUT2D eigenvalue weighted by atomic mass is 35.5. The predicted molar refractivity (Wildman–Crippen MR) is 175 cm³/mol. The van der Waals surface area contributed by atoms with Crippen LogP contribution in [0.25, 0.3) is 11.1 Å². The molecule has 4 aromatic rings. The molecular formula is C32H31Cl2N7O5S. The summed E-state index contributed by atoms with van der Waals surface area (Å²) in [5, 5.41) is 10.4. The lowest BCUT2D eigenvalue weighted by Gasteiger charge is -2.30. The Labute approximate surface area is 281 Å². The molecule has 2 aromatic heterocycles. The number of benzene rings is 2. The summed E-state index contributed by atoms with van der Waals surface area (Å²) in [6, 6.07) is 11.3. The van der Waals surface area contributed by atoms with E-state index in [1.165, 1.54) is 37.3 Å². The highest BCUT2D eigenvalue weighted by Crippen LogP contribution is 2.45. The van der Waals surface area contributed by atoms with Gasteiger partial charge in [0, 0.05) is 54.1 Å². The summed E-state index contributed by atoms with van der Waals surface area (Å²) in [6.45, 7) is 2.36. The number of aliphatic hydroxyl groups is 1. The minimum atomic E-state index is -4.33. The second-order valence-corrected chi connectivity index (χ2v) is 15.0. The number of imidazole rings is 1. The first-order valence-corrected chi connectivity index (χ1v) is 17.4. The van der Waals surface area contributed by atoms with Gasteiger partial charge in [0.05, 0.1) is 18.0 Å². The van der Waals surface area contributed by atoms with Gasteiger partial charge in [-0.25, -0.2) is 28.3 Å². The van der Waals surface area contributed by atoms with Crippen LogP contribution in [-0.4, -0.2) is 85.8 Å². The zero-order valence-electron chi connectivity index (χ0n) is 25.3. The smallest absolute Gasteiger partial charge is 0.261 e. The average molecular weight is 697 g/mol. The quantitative estimate of drug-likeness (QED) is 0.306. The molecule has 0 aliphatic carbocycles. The van der Waals surface area contributed by atoms with Crippen molar-refractivity contribution >= 4 is 56.7 Å². The summed E-state index contributed by atoms with van der Waals surface area (Å²) < 4.78 is 31.7. The van der Waals surface area contributed by atoms with E-state index in [1.807, 2.05) is 24.3 Å². The first-order chi connectivity index (χ1) is 22.5. The van der Waals surface area contributed by atoms with Crippen LogP contribution in [-0.2, 0) is 31.6 Å². The Morgan fingerprint density at radius 1 is 1.00 bits per heavy atom. The van der Waals surface area contributed by atoms with Crippen molar-refractivity contribution in [1.82, 2.24) is 28.7 Å². The Morgan fingerprint density at radius 3 is 2.36 bits per heavy atom. The van der Waals surface area contributed by atoms with Gasteiger partial charge in [-0.05, 0) is 55.5 Å². The minimum Gasteiger partial charge on any atom is -0.391 e. The molecule has 1 N–H and O–H groups in total. The zero-order chi connectivity index (χ0) is 33.1. The lowest BCUT2D eigenvalue weighted by Crippen LogP contribution is -2.48. The number of amides is 2. The van der Waals surface area contributed by atoms with Crippen molar-refractivity contribution in [2.45, 2.75) is 55.3 Å². The third-order valence-electron chi connectivity index (χ3n) is 9.11. The monoisotopic (exact) mass is 695 g/mol. The van der Waals surface area contributed by atoms with Gasteiger partial charge in [-0.15, -0.1) is 0 Å². The molecule has 2 aromatic carbocycles. The second-order valence-electron chi connectivity index (χ2n) is 12.3. The highest BCUT2D eigenvalue weighted by molar-refractivity contribution is 7.89. The molecule has 5 heterocycles. The number of aromatic nitrogens is 4. The van der Waals surface area contributed by atoms with Crippen molar-refractivity contribution in [1.29, 1.82) is 0 Å². The molecule has 1 unspecified atom stereocenters. The maximum absolute atomic E-state index is 14.5. The highest BCUT2D eigenvalue weighted by Gasteiger charge is 2.53. The summed E-state index contributed by atoms with van der Waals surface area (Å²) in [5.41, 5.74) is 1.38. The van der Waals surface area contributed by atoms with Gasteiger partial charge in [0.25, 0.3) is 15.9 Å². The number of hydrogen-bond acceptors (Lipinski definition) is 8. The average Bonchev–Trinajstić information content (AvgIpc) is 3.84. The van der Waals surface area contributed by atoms with Crippen molar-refractivity contribution in [3.05, 3.63) is 83.0 Å². The number of halogens is 2. The molecule has 0 saturated carbocycles. The fraction of sp³-hybridized carbons (Fsp3) is 0.344. The fourth-order valence-electron chi connectivity index (χ4n) is 6.82. The Balaban J connectivity index is 1.30. The Bertz CT molecular complexity index is 1950. The van der Waals surface area contributed by atoms with Crippen LogP contribution in [0.15, 0.2) is 72.4 Å². The van der Waals surface area contributed by atoms with E-state index < -0.39 is 33.6 Å². The van der Waals surface area contributed by atoms with Crippen molar-refractivity contribution < 1.29 is 23.1 Å². The van der Waals surface area contributed by atoms with Crippen molar-refractivity contribution in [3.8, 4) is 11.1 Å². The maximum atomic E-state index is 14.5. The van der Waals surface area contributed by atoms with E-state index in [1.54, 1.807) is 31.5 Å². The van der Waals surface area contributed by atoms with Gasteiger partial charge in [-0.2, -0.15) is 4.31 Å². The number of β-amino-alcohol motifs (C(OH)–C–C–N with tert-alkyl or cyclic N) is 1. The number of nitrogens with zero attached hydrogens (tertiary/aromatic N) is 7.